The van der Waals surface area contributed by atoms with Gasteiger partial charge >= 0.3 is 0 Å². The van der Waals surface area contributed by atoms with E-state index >= 15 is 0 Å². The third-order valence-electron chi connectivity index (χ3n) is 4.99. The monoisotopic (exact) mass is 433 g/mol. The average molecular weight is 434 g/mol. The number of benzene rings is 2. The molecule has 4 aromatic rings. The molecule has 31 heavy (non-hydrogen) atoms. The molecule has 158 valence electrons. The van der Waals surface area contributed by atoms with Gasteiger partial charge in [0.25, 0.3) is 5.56 Å². The molecule has 7 heteroatoms. The van der Waals surface area contributed by atoms with Crippen molar-refractivity contribution in [3.05, 3.63) is 100 Å². The number of nitrogens with one attached hydrogen (secondary N) is 2. The smallest absolute Gasteiger partial charge is 0.253 e. The summed E-state index contributed by atoms with van der Waals surface area (Å²) in [7, 11) is 1.62. The van der Waals surface area contributed by atoms with Crippen LogP contribution in [0.4, 0.5) is 0 Å². The van der Waals surface area contributed by atoms with Gasteiger partial charge in [-0.15, -0.1) is 0 Å². The quantitative estimate of drug-likeness (QED) is 0.426. The first-order chi connectivity index (χ1) is 15.1. The van der Waals surface area contributed by atoms with E-state index in [9.17, 15) is 4.79 Å². The first-order valence-corrected chi connectivity index (χ1v) is 10.3. The van der Waals surface area contributed by atoms with Gasteiger partial charge in [0.05, 0.1) is 26.5 Å². The molecule has 0 aliphatic rings. The molecule has 0 unspecified atom stereocenters. The summed E-state index contributed by atoms with van der Waals surface area (Å²) in [6, 6.07) is 21.2. The van der Waals surface area contributed by atoms with Crippen LogP contribution in [0.2, 0.25) is 0 Å². The first-order valence-electron chi connectivity index (χ1n) is 9.91. The topological polar surface area (TPSA) is 70.5 Å². The van der Waals surface area contributed by atoms with Gasteiger partial charge in [0.15, 0.2) is 5.11 Å². The number of thiocarbonyl (C=S) groups is 1. The van der Waals surface area contributed by atoms with E-state index in [1.54, 1.807) is 13.4 Å². The Hall–Kier alpha value is -3.58. The lowest BCUT2D eigenvalue weighted by Gasteiger charge is -2.26. The molecule has 0 saturated carbocycles. The van der Waals surface area contributed by atoms with E-state index in [0.29, 0.717) is 30.3 Å². The summed E-state index contributed by atoms with van der Waals surface area (Å²) in [5, 5.41) is 4.68. The fourth-order valence-electron chi connectivity index (χ4n) is 3.37. The van der Waals surface area contributed by atoms with Gasteiger partial charge in [-0.2, -0.15) is 0 Å². The lowest BCUT2D eigenvalue weighted by atomic mass is 10.1. The number of furan rings is 1. The third kappa shape index (κ3) is 5.13. The van der Waals surface area contributed by atoms with Gasteiger partial charge in [0.1, 0.15) is 11.5 Å². The van der Waals surface area contributed by atoms with Gasteiger partial charge in [-0.3, -0.25) is 4.79 Å². The molecule has 0 bridgehead atoms. The van der Waals surface area contributed by atoms with E-state index in [1.165, 1.54) is 0 Å². The molecule has 4 rings (SSSR count). The highest BCUT2D eigenvalue weighted by Crippen LogP contribution is 2.19. The molecule has 2 heterocycles. The summed E-state index contributed by atoms with van der Waals surface area (Å²) in [6.07, 6.45) is 1.63. The van der Waals surface area contributed by atoms with Gasteiger partial charge in [0, 0.05) is 23.0 Å². The Balaban J connectivity index is 1.60. The second kappa shape index (κ2) is 9.49. The number of fused-ring (bicyclic) bond motifs is 1. The number of hydrogen-bond donors (Lipinski definition) is 2. The summed E-state index contributed by atoms with van der Waals surface area (Å²) < 4.78 is 10.7. The summed E-state index contributed by atoms with van der Waals surface area (Å²) in [6.45, 7) is 1.41. The molecule has 0 saturated heterocycles. The first kappa shape index (κ1) is 20.7. The highest BCUT2D eigenvalue weighted by atomic mass is 32.1. The molecule has 2 aromatic carbocycles. The maximum Gasteiger partial charge on any atom is 0.253 e. The van der Waals surface area contributed by atoms with Crippen LogP contribution in [-0.4, -0.2) is 22.1 Å². The predicted molar refractivity (Wildman–Crippen MR) is 125 cm³/mol. The molecular weight excluding hydrogens is 410 g/mol. The van der Waals surface area contributed by atoms with Crippen molar-refractivity contribution in [2.75, 3.05) is 7.11 Å². The molecule has 0 aliphatic carbocycles. The van der Waals surface area contributed by atoms with Crippen LogP contribution in [0, 0.1) is 0 Å². The molecule has 0 amide bonds. The number of H-pyrrole nitrogens is 1. The number of ether oxygens (including phenoxy) is 1. The lowest BCUT2D eigenvalue weighted by molar-refractivity contribution is 0.393. The lowest BCUT2D eigenvalue weighted by Crippen LogP contribution is -2.39. The zero-order valence-corrected chi connectivity index (χ0v) is 17.9. The second-order valence-electron chi connectivity index (χ2n) is 7.16. The standard InChI is InChI=1S/C24H23N3O3S/c1-29-20-9-10-22-18(13-20)12-19(23(28)26-22)16-27(15-17-6-3-2-4-7-17)24(31)25-14-21-8-5-11-30-21/h2-13H,14-16H2,1H3,(H,25,31)(H,26,28). The van der Waals surface area contributed by atoms with Crippen molar-refractivity contribution >= 4 is 28.2 Å². The number of pyridine rings is 1. The summed E-state index contributed by atoms with van der Waals surface area (Å²) in [4.78, 5) is 17.7. The van der Waals surface area contributed by atoms with Crippen LogP contribution in [0.25, 0.3) is 10.9 Å². The SMILES string of the molecule is COc1ccc2[nH]c(=O)c(CN(Cc3ccccc3)C(=S)NCc3ccco3)cc2c1. The van der Waals surface area contributed by atoms with Crippen molar-refractivity contribution in [2.24, 2.45) is 0 Å². The maximum atomic E-state index is 12.8. The van der Waals surface area contributed by atoms with E-state index in [1.807, 2.05) is 71.6 Å². The molecule has 6 nitrogen and oxygen atoms in total. The maximum absolute atomic E-state index is 12.8. The zero-order valence-electron chi connectivity index (χ0n) is 17.1. The van der Waals surface area contributed by atoms with Crippen LogP contribution in [-0.2, 0) is 19.6 Å². The van der Waals surface area contributed by atoms with Crippen LogP contribution in [0.5, 0.6) is 5.75 Å². The molecule has 0 radical (unpaired) electrons. The Morgan fingerprint density at radius 1 is 1.10 bits per heavy atom. The van der Waals surface area contributed by atoms with E-state index in [0.717, 1.165) is 28.0 Å². The van der Waals surface area contributed by atoms with Crippen LogP contribution in [0.3, 0.4) is 0 Å². The number of methoxy groups -OCH3 is 1. The van der Waals surface area contributed by atoms with Crippen molar-refractivity contribution in [1.82, 2.24) is 15.2 Å². The van der Waals surface area contributed by atoms with Gasteiger partial charge < -0.3 is 24.4 Å². The number of rotatable bonds is 7. The van der Waals surface area contributed by atoms with Crippen molar-refractivity contribution in [3.8, 4) is 5.75 Å². The highest BCUT2D eigenvalue weighted by molar-refractivity contribution is 7.80. The van der Waals surface area contributed by atoms with Crippen molar-refractivity contribution in [2.45, 2.75) is 19.6 Å². The number of aromatic amines is 1. The minimum Gasteiger partial charge on any atom is -0.497 e. The summed E-state index contributed by atoms with van der Waals surface area (Å²) in [5.74, 6) is 1.53. The van der Waals surface area contributed by atoms with Crippen LogP contribution >= 0.6 is 12.2 Å². The minimum absolute atomic E-state index is 0.135. The molecular formula is C24H23N3O3S. The van der Waals surface area contributed by atoms with Crippen LogP contribution < -0.4 is 15.6 Å². The van der Waals surface area contributed by atoms with Crippen molar-refractivity contribution in [3.63, 3.8) is 0 Å². The third-order valence-corrected chi connectivity index (χ3v) is 5.39. The van der Waals surface area contributed by atoms with E-state index in [2.05, 4.69) is 10.3 Å². The molecule has 0 spiro atoms. The van der Waals surface area contributed by atoms with Crippen molar-refractivity contribution < 1.29 is 9.15 Å². The van der Waals surface area contributed by atoms with E-state index < -0.39 is 0 Å². The molecule has 2 aromatic heterocycles. The highest BCUT2D eigenvalue weighted by Gasteiger charge is 2.15. The van der Waals surface area contributed by atoms with Crippen LogP contribution in [0.15, 0.2) is 82.2 Å². The van der Waals surface area contributed by atoms with Gasteiger partial charge in [-0.05, 0) is 54.2 Å². The molecule has 0 fully saturated rings. The van der Waals surface area contributed by atoms with Crippen LogP contribution in [0.1, 0.15) is 16.9 Å². The number of nitrogens with zero attached hydrogens (tertiary/aromatic N) is 1. The largest absolute Gasteiger partial charge is 0.497 e. The summed E-state index contributed by atoms with van der Waals surface area (Å²) in [5.41, 5.74) is 2.36. The predicted octanol–water partition coefficient (Wildman–Crippen LogP) is 4.21. The minimum atomic E-state index is -0.135. The Morgan fingerprint density at radius 3 is 2.68 bits per heavy atom. The summed E-state index contributed by atoms with van der Waals surface area (Å²) >= 11 is 5.67. The Kier molecular flexibility index (Phi) is 6.33. The molecule has 0 aliphatic heterocycles. The number of hydrogen-bond acceptors (Lipinski definition) is 4. The average Bonchev–Trinajstić information content (AvgIpc) is 3.31. The zero-order chi connectivity index (χ0) is 21.6. The van der Waals surface area contributed by atoms with Gasteiger partial charge in [0.2, 0.25) is 0 Å². The molecule has 2 N–H and O–H groups in total. The number of aromatic nitrogens is 1. The Morgan fingerprint density at radius 2 is 1.94 bits per heavy atom. The van der Waals surface area contributed by atoms with Gasteiger partial charge in [-0.1, -0.05) is 30.3 Å². The van der Waals surface area contributed by atoms with E-state index in [4.69, 9.17) is 21.4 Å². The van der Waals surface area contributed by atoms with E-state index in [-0.39, 0.29) is 5.56 Å². The Bertz CT molecular complexity index is 1220. The Labute approximate surface area is 185 Å². The van der Waals surface area contributed by atoms with Crippen molar-refractivity contribution in [1.29, 1.82) is 0 Å². The van der Waals surface area contributed by atoms with Gasteiger partial charge in [-0.25, -0.2) is 0 Å². The fraction of sp³-hybridized carbons (Fsp3) is 0.167. The second-order valence-corrected chi connectivity index (χ2v) is 7.54. The molecule has 0 atom stereocenters. The fourth-order valence-corrected chi connectivity index (χ4v) is 3.57. The normalized spacial score (nSPS) is 10.7.